The fourth-order valence-corrected chi connectivity index (χ4v) is 3.16. The average molecular weight is 247 g/mol. The molecule has 0 aliphatic heterocycles. The number of sulfone groups is 1. The summed E-state index contributed by atoms with van der Waals surface area (Å²) in [6.07, 6.45) is 1.23. The van der Waals surface area contributed by atoms with E-state index in [4.69, 9.17) is 5.73 Å². The molecule has 0 bridgehead atoms. The van der Waals surface area contributed by atoms with E-state index in [1.54, 1.807) is 18.3 Å². The van der Waals surface area contributed by atoms with E-state index in [1.165, 1.54) is 11.1 Å². The largest absolute Gasteiger partial charge is 0.323 e. The second kappa shape index (κ2) is 4.23. The first kappa shape index (κ1) is 12.7. The lowest BCUT2D eigenvalue weighted by atomic mass is 10.1. The van der Waals surface area contributed by atoms with Gasteiger partial charge in [0, 0.05) is 22.1 Å². The van der Waals surface area contributed by atoms with Gasteiger partial charge in [0.1, 0.15) is 0 Å². The highest BCUT2D eigenvalue weighted by Gasteiger charge is 2.25. The van der Waals surface area contributed by atoms with Gasteiger partial charge in [0.05, 0.1) is 5.25 Å². The Labute approximate surface area is 95.2 Å². The van der Waals surface area contributed by atoms with Crippen molar-refractivity contribution >= 4 is 21.2 Å². The van der Waals surface area contributed by atoms with E-state index < -0.39 is 21.1 Å². The zero-order valence-electron chi connectivity index (χ0n) is 9.44. The van der Waals surface area contributed by atoms with Crippen LogP contribution < -0.4 is 5.73 Å². The topological polar surface area (TPSA) is 60.2 Å². The third-order valence-electron chi connectivity index (χ3n) is 2.62. The summed E-state index contributed by atoms with van der Waals surface area (Å²) in [4.78, 5) is 2.27. The number of aryl methyl sites for hydroxylation is 2. The average Bonchev–Trinajstić information content (AvgIpc) is 2.41. The van der Waals surface area contributed by atoms with Crippen LogP contribution in [0.25, 0.3) is 0 Å². The van der Waals surface area contributed by atoms with Gasteiger partial charge in [0.15, 0.2) is 9.84 Å². The van der Waals surface area contributed by atoms with Gasteiger partial charge in [-0.3, -0.25) is 0 Å². The molecule has 0 aliphatic carbocycles. The molecule has 1 aromatic heterocycles. The fourth-order valence-electron chi connectivity index (χ4n) is 1.50. The predicted molar refractivity (Wildman–Crippen MR) is 65.0 cm³/mol. The van der Waals surface area contributed by atoms with Crippen LogP contribution in [0.2, 0.25) is 0 Å². The van der Waals surface area contributed by atoms with E-state index in [9.17, 15) is 8.42 Å². The monoisotopic (exact) mass is 247 g/mol. The van der Waals surface area contributed by atoms with Crippen molar-refractivity contribution in [3.05, 3.63) is 21.4 Å². The Morgan fingerprint density at radius 1 is 1.40 bits per heavy atom. The molecule has 2 atom stereocenters. The Morgan fingerprint density at radius 3 is 2.27 bits per heavy atom. The Bertz CT molecular complexity index is 448. The number of rotatable bonds is 3. The molecule has 0 aliphatic rings. The molecule has 0 fully saturated rings. The van der Waals surface area contributed by atoms with Gasteiger partial charge < -0.3 is 5.73 Å². The van der Waals surface area contributed by atoms with Crippen molar-refractivity contribution in [2.45, 2.75) is 32.1 Å². The summed E-state index contributed by atoms with van der Waals surface area (Å²) in [6, 6.07) is 1.55. The molecule has 2 N–H and O–H groups in total. The van der Waals surface area contributed by atoms with Gasteiger partial charge in [0.25, 0.3) is 0 Å². The van der Waals surface area contributed by atoms with Crippen LogP contribution in [0.4, 0.5) is 0 Å². The maximum atomic E-state index is 11.4. The molecule has 2 unspecified atom stereocenters. The minimum absolute atomic E-state index is 0.426. The summed E-state index contributed by atoms with van der Waals surface area (Å²) < 4.78 is 22.8. The molecule has 3 nitrogen and oxygen atoms in total. The summed E-state index contributed by atoms with van der Waals surface area (Å²) in [5, 5.41) is -0.537. The molecule has 86 valence electrons. The van der Waals surface area contributed by atoms with Crippen molar-refractivity contribution in [1.82, 2.24) is 0 Å². The van der Waals surface area contributed by atoms with Gasteiger partial charge >= 0.3 is 0 Å². The van der Waals surface area contributed by atoms with E-state index in [0.29, 0.717) is 0 Å². The van der Waals surface area contributed by atoms with Crippen LogP contribution in [0, 0.1) is 13.8 Å². The lowest BCUT2D eigenvalue weighted by Gasteiger charge is -2.18. The summed E-state index contributed by atoms with van der Waals surface area (Å²) in [6.45, 7) is 5.63. The normalized spacial score (nSPS) is 16.3. The van der Waals surface area contributed by atoms with Gasteiger partial charge in [-0.1, -0.05) is 0 Å². The zero-order valence-corrected chi connectivity index (χ0v) is 11.1. The highest BCUT2D eigenvalue weighted by atomic mass is 32.2. The van der Waals surface area contributed by atoms with Crippen LogP contribution in [0.5, 0.6) is 0 Å². The first-order valence-electron chi connectivity index (χ1n) is 4.75. The minimum atomic E-state index is -3.08. The number of thiophene rings is 1. The van der Waals surface area contributed by atoms with Crippen molar-refractivity contribution in [3.63, 3.8) is 0 Å². The number of hydrogen-bond acceptors (Lipinski definition) is 4. The summed E-state index contributed by atoms with van der Waals surface area (Å²) in [5.74, 6) is 0. The second-order valence-corrected chi connectivity index (χ2v) is 7.79. The smallest absolute Gasteiger partial charge is 0.151 e. The Hall–Kier alpha value is -0.390. The van der Waals surface area contributed by atoms with E-state index in [-0.39, 0.29) is 0 Å². The minimum Gasteiger partial charge on any atom is -0.323 e. The summed E-state index contributed by atoms with van der Waals surface area (Å²) in [7, 11) is -3.08. The van der Waals surface area contributed by atoms with Crippen LogP contribution in [0.1, 0.15) is 28.3 Å². The molecule has 0 saturated carbocycles. The molecule has 0 radical (unpaired) electrons. The molecule has 0 amide bonds. The molecule has 1 heterocycles. The lowest BCUT2D eigenvalue weighted by Crippen LogP contribution is -2.30. The van der Waals surface area contributed by atoms with Gasteiger partial charge in [-0.15, -0.1) is 11.3 Å². The van der Waals surface area contributed by atoms with E-state index in [0.717, 1.165) is 10.4 Å². The first-order valence-corrected chi connectivity index (χ1v) is 7.52. The maximum Gasteiger partial charge on any atom is 0.151 e. The highest BCUT2D eigenvalue weighted by molar-refractivity contribution is 7.91. The van der Waals surface area contributed by atoms with Gasteiger partial charge in [-0.2, -0.15) is 0 Å². The molecule has 15 heavy (non-hydrogen) atoms. The van der Waals surface area contributed by atoms with E-state index in [2.05, 4.69) is 0 Å². The van der Waals surface area contributed by atoms with Gasteiger partial charge in [0.2, 0.25) is 0 Å². The third kappa shape index (κ3) is 2.80. The number of hydrogen-bond donors (Lipinski definition) is 1. The molecular formula is C10H17NO2S2. The molecule has 1 aromatic rings. The first-order chi connectivity index (χ1) is 6.73. The molecule has 0 saturated heterocycles. The maximum absolute atomic E-state index is 11.4. The van der Waals surface area contributed by atoms with Crippen LogP contribution in [0.15, 0.2) is 6.07 Å². The predicted octanol–water partition coefficient (Wildman–Crippen LogP) is 1.80. The zero-order chi connectivity index (χ0) is 11.8. The van der Waals surface area contributed by atoms with Crippen LogP contribution >= 0.6 is 11.3 Å². The van der Waals surface area contributed by atoms with E-state index >= 15 is 0 Å². The van der Waals surface area contributed by atoms with Gasteiger partial charge in [-0.25, -0.2) is 8.42 Å². The SMILES string of the molecule is Cc1cc(C(N)C(C)S(C)(=O)=O)c(C)s1. The number of nitrogens with two attached hydrogens (primary N) is 1. The van der Waals surface area contributed by atoms with Crippen molar-refractivity contribution in [2.24, 2.45) is 5.73 Å². The van der Waals surface area contributed by atoms with Crippen molar-refractivity contribution in [3.8, 4) is 0 Å². The molecular weight excluding hydrogens is 230 g/mol. The van der Waals surface area contributed by atoms with Crippen molar-refractivity contribution < 1.29 is 8.42 Å². The molecule has 1 rings (SSSR count). The van der Waals surface area contributed by atoms with Gasteiger partial charge in [-0.05, 0) is 32.4 Å². The van der Waals surface area contributed by atoms with Crippen LogP contribution in [-0.4, -0.2) is 19.9 Å². The Balaban J connectivity index is 3.05. The lowest BCUT2D eigenvalue weighted by molar-refractivity contribution is 0.570. The third-order valence-corrected chi connectivity index (χ3v) is 5.25. The van der Waals surface area contributed by atoms with E-state index in [1.807, 2.05) is 19.9 Å². The molecule has 5 heteroatoms. The summed E-state index contributed by atoms with van der Waals surface area (Å²) in [5.41, 5.74) is 6.92. The van der Waals surface area contributed by atoms with Crippen LogP contribution in [0.3, 0.4) is 0 Å². The molecule has 0 spiro atoms. The molecule has 0 aromatic carbocycles. The summed E-state index contributed by atoms with van der Waals surface area (Å²) >= 11 is 1.65. The van der Waals surface area contributed by atoms with Crippen molar-refractivity contribution in [1.29, 1.82) is 0 Å². The Morgan fingerprint density at radius 2 is 1.93 bits per heavy atom. The fraction of sp³-hybridized carbons (Fsp3) is 0.600. The second-order valence-electron chi connectivity index (χ2n) is 3.93. The van der Waals surface area contributed by atoms with Crippen LogP contribution in [-0.2, 0) is 9.84 Å². The Kier molecular flexibility index (Phi) is 3.58. The quantitative estimate of drug-likeness (QED) is 0.886. The van der Waals surface area contributed by atoms with Crippen molar-refractivity contribution in [2.75, 3.05) is 6.26 Å². The highest BCUT2D eigenvalue weighted by Crippen LogP contribution is 2.28. The standard InChI is InChI=1S/C10H17NO2S2/c1-6-5-9(7(2)14-6)10(11)8(3)15(4,12)13/h5,8,10H,11H2,1-4H3.